The second-order valence-corrected chi connectivity index (χ2v) is 4.48. The summed E-state index contributed by atoms with van der Waals surface area (Å²) >= 11 is 12.1. The van der Waals surface area contributed by atoms with Crippen molar-refractivity contribution in [1.29, 1.82) is 0 Å². The van der Waals surface area contributed by atoms with Gasteiger partial charge in [0.05, 0.1) is 15.7 Å². The van der Waals surface area contributed by atoms with Gasteiger partial charge in [-0.25, -0.2) is 9.97 Å². The number of halogens is 2. The first kappa shape index (κ1) is 12.9. The zero-order chi connectivity index (χ0) is 13.1. The van der Waals surface area contributed by atoms with Crippen molar-refractivity contribution in [2.24, 2.45) is 0 Å². The van der Waals surface area contributed by atoms with Gasteiger partial charge in [-0.05, 0) is 12.1 Å². The Bertz CT molecular complexity index is 552. The first-order chi connectivity index (χ1) is 8.60. The fraction of sp³-hybridized carbons (Fsp3) is 0.167. The molecule has 1 heterocycles. The van der Waals surface area contributed by atoms with E-state index < -0.39 is 0 Å². The Labute approximate surface area is 115 Å². The molecule has 94 valence electrons. The van der Waals surface area contributed by atoms with Gasteiger partial charge in [-0.2, -0.15) is 0 Å². The molecule has 6 heteroatoms. The molecule has 0 radical (unpaired) electrons. The molecule has 0 fully saturated rings. The summed E-state index contributed by atoms with van der Waals surface area (Å²) in [6.07, 6.45) is 0.704. The maximum Gasteiger partial charge on any atom is 0.136 e. The van der Waals surface area contributed by atoms with Crippen molar-refractivity contribution < 1.29 is 0 Å². The smallest absolute Gasteiger partial charge is 0.136 e. The lowest BCUT2D eigenvalue weighted by atomic mass is 10.3. The minimum Gasteiger partial charge on any atom is -0.384 e. The minimum absolute atomic E-state index is 0.410. The molecule has 0 aliphatic rings. The number of hydrogen-bond donors (Lipinski definition) is 2. The van der Waals surface area contributed by atoms with Gasteiger partial charge < -0.3 is 11.1 Å². The summed E-state index contributed by atoms with van der Waals surface area (Å²) in [6.45, 7) is 1.96. The standard InChI is InChI=1S/C12H12Cl2N4/c1-2-10-16-9(15)6-11(17-10)18-12-7(13)4-3-5-8(12)14/h3-6H,2H2,1H3,(H3,15,16,17,18). The van der Waals surface area contributed by atoms with Crippen LogP contribution in [0.15, 0.2) is 24.3 Å². The van der Waals surface area contributed by atoms with Gasteiger partial charge in [0, 0.05) is 12.5 Å². The van der Waals surface area contributed by atoms with E-state index in [0.717, 1.165) is 0 Å². The van der Waals surface area contributed by atoms with Crippen molar-refractivity contribution in [3.05, 3.63) is 40.1 Å². The molecule has 0 unspecified atom stereocenters. The summed E-state index contributed by atoms with van der Waals surface area (Å²) < 4.78 is 0. The van der Waals surface area contributed by atoms with Crippen molar-refractivity contribution in [2.45, 2.75) is 13.3 Å². The summed E-state index contributed by atoms with van der Waals surface area (Å²) in [5.74, 6) is 1.66. The van der Waals surface area contributed by atoms with E-state index in [1.807, 2.05) is 6.92 Å². The summed E-state index contributed by atoms with van der Waals surface area (Å²) in [4.78, 5) is 8.41. The Balaban J connectivity index is 2.37. The topological polar surface area (TPSA) is 63.8 Å². The molecule has 3 N–H and O–H groups in total. The van der Waals surface area contributed by atoms with Crippen molar-refractivity contribution in [3.63, 3.8) is 0 Å². The van der Waals surface area contributed by atoms with Crippen molar-refractivity contribution >= 4 is 40.5 Å². The van der Waals surface area contributed by atoms with Crippen molar-refractivity contribution in [2.75, 3.05) is 11.1 Å². The summed E-state index contributed by atoms with van der Waals surface area (Å²) in [5.41, 5.74) is 6.32. The molecule has 1 aromatic heterocycles. The number of aryl methyl sites for hydroxylation is 1. The molecule has 0 aliphatic heterocycles. The number of nitrogens with two attached hydrogens (primary N) is 1. The van der Waals surface area contributed by atoms with E-state index in [9.17, 15) is 0 Å². The lowest BCUT2D eigenvalue weighted by Gasteiger charge is -2.10. The molecule has 0 atom stereocenters. The molecular formula is C12H12Cl2N4. The zero-order valence-corrected chi connectivity index (χ0v) is 11.3. The molecule has 0 saturated heterocycles. The molecule has 1 aromatic carbocycles. The van der Waals surface area contributed by atoms with Gasteiger partial charge in [0.2, 0.25) is 0 Å². The second kappa shape index (κ2) is 5.42. The van der Waals surface area contributed by atoms with E-state index in [1.54, 1.807) is 24.3 Å². The van der Waals surface area contributed by atoms with E-state index in [0.29, 0.717) is 39.6 Å². The van der Waals surface area contributed by atoms with E-state index in [2.05, 4.69) is 15.3 Å². The Morgan fingerprint density at radius 3 is 2.50 bits per heavy atom. The van der Waals surface area contributed by atoms with Crippen molar-refractivity contribution in [1.82, 2.24) is 9.97 Å². The van der Waals surface area contributed by atoms with Crippen LogP contribution in [0, 0.1) is 0 Å². The van der Waals surface area contributed by atoms with Gasteiger partial charge in [-0.1, -0.05) is 36.2 Å². The monoisotopic (exact) mass is 282 g/mol. The van der Waals surface area contributed by atoms with Crippen LogP contribution in [-0.4, -0.2) is 9.97 Å². The third-order valence-corrected chi connectivity index (χ3v) is 2.95. The third-order valence-electron chi connectivity index (χ3n) is 2.32. The molecule has 0 bridgehead atoms. The van der Waals surface area contributed by atoms with Gasteiger partial charge in [0.1, 0.15) is 17.5 Å². The summed E-state index contributed by atoms with van der Waals surface area (Å²) in [7, 11) is 0. The molecule has 2 aromatic rings. The third kappa shape index (κ3) is 2.83. The fourth-order valence-corrected chi connectivity index (χ4v) is 1.98. The Kier molecular flexibility index (Phi) is 3.89. The molecule has 4 nitrogen and oxygen atoms in total. The summed E-state index contributed by atoms with van der Waals surface area (Å²) in [5, 5.41) is 4.11. The second-order valence-electron chi connectivity index (χ2n) is 3.67. The fourth-order valence-electron chi connectivity index (χ4n) is 1.49. The largest absolute Gasteiger partial charge is 0.384 e. The molecule has 0 amide bonds. The average molecular weight is 283 g/mol. The van der Waals surface area contributed by atoms with E-state index >= 15 is 0 Å². The number of nitrogens with one attached hydrogen (secondary N) is 1. The van der Waals surface area contributed by atoms with E-state index in [-0.39, 0.29) is 0 Å². The van der Waals surface area contributed by atoms with Crippen LogP contribution in [0.2, 0.25) is 10.0 Å². The number of benzene rings is 1. The number of para-hydroxylation sites is 1. The number of nitrogen functional groups attached to an aromatic ring is 1. The van der Waals surface area contributed by atoms with Crippen molar-refractivity contribution in [3.8, 4) is 0 Å². The first-order valence-corrected chi connectivity index (χ1v) is 6.20. The molecule has 18 heavy (non-hydrogen) atoms. The lowest BCUT2D eigenvalue weighted by molar-refractivity contribution is 0.948. The van der Waals surface area contributed by atoms with E-state index in [4.69, 9.17) is 28.9 Å². The Morgan fingerprint density at radius 2 is 1.89 bits per heavy atom. The number of rotatable bonds is 3. The molecule has 0 saturated carbocycles. The molecule has 0 aliphatic carbocycles. The molecular weight excluding hydrogens is 271 g/mol. The van der Waals surface area contributed by atoms with Crippen LogP contribution in [0.5, 0.6) is 0 Å². The van der Waals surface area contributed by atoms with Crippen LogP contribution in [-0.2, 0) is 6.42 Å². The van der Waals surface area contributed by atoms with Crippen LogP contribution in [0.3, 0.4) is 0 Å². The van der Waals surface area contributed by atoms with Gasteiger partial charge in [0.25, 0.3) is 0 Å². The normalized spacial score (nSPS) is 10.4. The number of anilines is 3. The SMILES string of the molecule is CCc1nc(N)cc(Nc2c(Cl)cccc2Cl)n1. The predicted molar refractivity (Wildman–Crippen MR) is 75.6 cm³/mol. The Hall–Kier alpha value is -1.52. The quantitative estimate of drug-likeness (QED) is 0.902. The lowest BCUT2D eigenvalue weighted by Crippen LogP contribution is -2.03. The molecule has 2 rings (SSSR count). The number of aromatic nitrogens is 2. The summed E-state index contributed by atoms with van der Waals surface area (Å²) in [6, 6.07) is 6.92. The number of hydrogen-bond acceptors (Lipinski definition) is 4. The van der Waals surface area contributed by atoms with Crippen LogP contribution in [0.1, 0.15) is 12.7 Å². The van der Waals surface area contributed by atoms with Crippen LogP contribution < -0.4 is 11.1 Å². The highest BCUT2D eigenvalue weighted by Crippen LogP contribution is 2.32. The van der Waals surface area contributed by atoms with Crippen LogP contribution in [0.25, 0.3) is 0 Å². The van der Waals surface area contributed by atoms with Gasteiger partial charge >= 0.3 is 0 Å². The maximum absolute atomic E-state index is 6.07. The highest BCUT2D eigenvalue weighted by atomic mass is 35.5. The highest BCUT2D eigenvalue weighted by Gasteiger charge is 2.07. The van der Waals surface area contributed by atoms with Crippen LogP contribution >= 0.6 is 23.2 Å². The maximum atomic E-state index is 6.07. The highest BCUT2D eigenvalue weighted by molar-refractivity contribution is 6.39. The zero-order valence-electron chi connectivity index (χ0n) is 9.74. The number of nitrogens with zero attached hydrogens (tertiary/aromatic N) is 2. The molecule has 0 spiro atoms. The van der Waals surface area contributed by atoms with Gasteiger partial charge in [-0.3, -0.25) is 0 Å². The first-order valence-electron chi connectivity index (χ1n) is 5.44. The van der Waals surface area contributed by atoms with E-state index in [1.165, 1.54) is 0 Å². The van der Waals surface area contributed by atoms with Gasteiger partial charge in [-0.15, -0.1) is 0 Å². The Morgan fingerprint density at radius 1 is 1.22 bits per heavy atom. The average Bonchev–Trinajstić information content (AvgIpc) is 2.33. The van der Waals surface area contributed by atoms with Gasteiger partial charge in [0.15, 0.2) is 0 Å². The minimum atomic E-state index is 0.410. The predicted octanol–water partition coefficient (Wildman–Crippen LogP) is 3.67. The van der Waals surface area contributed by atoms with Crippen LogP contribution in [0.4, 0.5) is 17.3 Å².